The Kier molecular flexibility index (Phi) is 7.27. The van der Waals surface area contributed by atoms with E-state index in [2.05, 4.69) is 0 Å². The molecule has 6 heteroatoms. The van der Waals surface area contributed by atoms with Crippen molar-refractivity contribution in [3.63, 3.8) is 0 Å². The van der Waals surface area contributed by atoms with Gasteiger partial charge in [0.05, 0.1) is 13.7 Å². The van der Waals surface area contributed by atoms with Crippen molar-refractivity contribution in [3.8, 4) is 5.75 Å². The van der Waals surface area contributed by atoms with E-state index < -0.39 is 13.2 Å². The third-order valence-electron chi connectivity index (χ3n) is 4.25. The van der Waals surface area contributed by atoms with Gasteiger partial charge in [-0.1, -0.05) is 31.5 Å². The Labute approximate surface area is 156 Å². The number of nitrogens with zero attached hydrogens (tertiary/aromatic N) is 1. The summed E-state index contributed by atoms with van der Waals surface area (Å²) in [5.74, 6) is -0.801. The van der Waals surface area contributed by atoms with Crippen LogP contribution in [-0.2, 0) is 9.09 Å². The highest BCUT2D eigenvalue weighted by molar-refractivity contribution is 7.67. The molecule has 0 saturated heterocycles. The normalized spacial score (nSPS) is 14.5. The standard InChI is InChI=1S/C20H28NO4P/c1-5-6-15-25-26(23,17-13-11-16(12-14-17)21(2)3)20(22)18-9-7-8-10-19(18)24-4/h7-14,20,22H,5-6,15H2,1-4H3/t20-,26-/m1/s1. The summed E-state index contributed by atoms with van der Waals surface area (Å²) in [7, 11) is 1.86. The van der Waals surface area contributed by atoms with Crippen molar-refractivity contribution in [2.75, 3.05) is 32.7 Å². The van der Waals surface area contributed by atoms with E-state index in [4.69, 9.17) is 9.26 Å². The molecule has 2 rings (SSSR count). The van der Waals surface area contributed by atoms with Crippen LogP contribution in [0.3, 0.4) is 0 Å². The predicted octanol–water partition coefficient (Wildman–Crippen LogP) is 4.17. The van der Waals surface area contributed by atoms with Crippen molar-refractivity contribution in [2.45, 2.75) is 25.6 Å². The van der Waals surface area contributed by atoms with Crippen LogP contribution in [0.2, 0.25) is 0 Å². The number of benzene rings is 2. The van der Waals surface area contributed by atoms with E-state index in [-0.39, 0.29) is 0 Å². The number of rotatable bonds is 9. The molecule has 2 aromatic rings. The van der Waals surface area contributed by atoms with E-state index in [0.29, 0.717) is 23.2 Å². The maximum atomic E-state index is 13.8. The molecule has 0 fully saturated rings. The van der Waals surface area contributed by atoms with Crippen LogP contribution in [0, 0.1) is 0 Å². The van der Waals surface area contributed by atoms with Crippen LogP contribution in [0.25, 0.3) is 0 Å². The number of unbranched alkanes of at least 4 members (excludes halogenated alkanes) is 1. The largest absolute Gasteiger partial charge is 0.496 e. The summed E-state index contributed by atoms with van der Waals surface area (Å²) in [5.41, 5.74) is 1.45. The predicted molar refractivity (Wildman–Crippen MR) is 107 cm³/mol. The number of anilines is 1. The highest BCUT2D eigenvalue weighted by Gasteiger charge is 2.37. The summed E-state index contributed by atoms with van der Waals surface area (Å²) < 4.78 is 24.9. The zero-order chi connectivity index (χ0) is 19.2. The van der Waals surface area contributed by atoms with Crippen molar-refractivity contribution < 1.29 is 18.9 Å². The molecule has 5 nitrogen and oxygen atoms in total. The summed E-state index contributed by atoms with van der Waals surface area (Å²) in [6.07, 6.45) is 1.70. The van der Waals surface area contributed by atoms with Crippen LogP contribution in [-0.4, -0.2) is 32.9 Å². The number of aliphatic hydroxyl groups excluding tert-OH is 1. The number of hydrogen-bond donors (Lipinski definition) is 1. The molecule has 142 valence electrons. The smallest absolute Gasteiger partial charge is 0.264 e. The molecule has 0 aliphatic heterocycles. The highest BCUT2D eigenvalue weighted by atomic mass is 31.2. The maximum absolute atomic E-state index is 13.8. The molecule has 0 spiro atoms. The molecule has 0 aliphatic carbocycles. The van der Waals surface area contributed by atoms with E-state index in [1.807, 2.05) is 44.1 Å². The first-order valence-corrected chi connectivity index (χ1v) is 10.5. The molecular weight excluding hydrogens is 349 g/mol. The summed E-state index contributed by atoms with van der Waals surface area (Å²) in [6.45, 7) is 2.37. The van der Waals surface area contributed by atoms with E-state index in [1.165, 1.54) is 7.11 Å². The van der Waals surface area contributed by atoms with Crippen molar-refractivity contribution in [1.82, 2.24) is 0 Å². The lowest BCUT2D eigenvalue weighted by atomic mass is 10.2. The van der Waals surface area contributed by atoms with E-state index in [0.717, 1.165) is 18.5 Å². The van der Waals surface area contributed by atoms with Gasteiger partial charge < -0.3 is 19.3 Å². The van der Waals surface area contributed by atoms with Gasteiger partial charge in [-0.3, -0.25) is 4.57 Å². The molecule has 2 aromatic carbocycles. The minimum atomic E-state index is -3.55. The third kappa shape index (κ3) is 4.47. The van der Waals surface area contributed by atoms with Gasteiger partial charge in [-0.15, -0.1) is 0 Å². The van der Waals surface area contributed by atoms with Gasteiger partial charge >= 0.3 is 0 Å². The molecule has 2 atom stereocenters. The van der Waals surface area contributed by atoms with Crippen LogP contribution in [0.5, 0.6) is 5.75 Å². The van der Waals surface area contributed by atoms with Crippen LogP contribution < -0.4 is 14.9 Å². The summed E-state index contributed by atoms with van der Waals surface area (Å²) >= 11 is 0. The van der Waals surface area contributed by atoms with Crippen molar-refractivity contribution in [2.24, 2.45) is 0 Å². The summed E-state index contributed by atoms with van der Waals surface area (Å²) in [6, 6.07) is 14.3. The van der Waals surface area contributed by atoms with Crippen LogP contribution >= 0.6 is 7.37 Å². The number of para-hydroxylation sites is 1. The van der Waals surface area contributed by atoms with Gasteiger partial charge in [0, 0.05) is 30.7 Å². The highest BCUT2D eigenvalue weighted by Crippen LogP contribution is 2.59. The molecule has 0 aromatic heterocycles. The summed E-state index contributed by atoms with van der Waals surface area (Å²) in [5, 5.41) is 11.5. The minimum Gasteiger partial charge on any atom is -0.496 e. The molecule has 0 radical (unpaired) electrons. The Morgan fingerprint density at radius 1 is 1.12 bits per heavy atom. The number of hydrogen-bond acceptors (Lipinski definition) is 5. The monoisotopic (exact) mass is 377 g/mol. The summed E-state index contributed by atoms with van der Waals surface area (Å²) in [4.78, 5) is 1.96. The first kappa shape index (κ1) is 20.5. The lowest BCUT2D eigenvalue weighted by Crippen LogP contribution is -2.16. The van der Waals surface area contributed by atoms with E-state index >= 15 is 0 Å². The minimum absolute atomic E-state index is 0.329. The molecule has 0 bridgehead atoms. The number of ether oxygens (including phenoxy) is 1. The van der Waals surface area contributed by atoms with Gasteiger partial charge in [0.25, 0.3) is 7.37 Å². The second kappa shape index (κ2) is 9.22. The Balaban J connectivity index is 2.45. The number of aliphatic hydroxyl groups is 1. The van der Waals surface area contributed by atoms with Gasteiger partial charge in [0.15, 0.2) is 5.85 Å². The van der Waals surface area contributed by atoms with Crippen molar-refractivity contribution in [1.29, 1.82) is 0 Å². The topological polar surface area (TPSA) is 59.0 Å². The SMILES string of the molecule is CCCCO[P@](=O)(c1ccc(N(C)C)cc1)[C@@H](O)c1ccccc1OC. The Morgan fingerprint density at radius 2 is 1.77 bits per heavy atom. The second-order valence-corrected chi connectivity index (χ2v) is 8.77. The van der Waals surface area contributed by atoms with Crippen LogP contribution in [0.4, 0.5) is 5.69 Å². The first-order valence-electron chi connectivity index (χ1n) is 8.77. The lowest BCUT2D eigenvalue weighted by Gasteiger charge is -2.26. The van der Waals surface area contributed by atoms with Crippen LogP contribution in [0.15, 0.2) is 48.5 Å². The molecule has 1 N–H and O–H groups in total. The van der Waals surface area contributed by atoms with Crippen molar-refractivity contribution >= 4 is 18.4 Å². The molecule has 0 amide bonds. The van der Waals surface area contributed by atoms with Gasteiger partial charge in [0.1, 0.15) is 5.75 Å². The van der Waals surface area contributed by atoms with Crippen LogP contribution in [0.1, 0.15) is 31.2 Å². The van der Waals surface area contributed by atoms with E-state index in [9.17, 15) is 9.67 Å². The third-order valence-corrected chi connectivity index (χ3v) is 6.75. The quantitative estimate of drug-likeness (QED) is 0.525. The maximum Gasteiger partial charge on any atom is 0.264 e. The Bertz CT molecular complexity index is 746. The Morgan fingerprint density at radius 3 is 2.35 bits per heavy atom. The molecule has 26 heavy (non-hydrogen) atoms. The molecular formula is C20H28NO4P. The average Bonchev–Trinajstić information content (AvgIpc) is 2.67. The van der Waals surface area contributed by atoms with Gasteiger partial charge in [-0.2, -0.15) is 0 Å². The Hall–Kier alpha value is -1.81. The second-order valence-electron chi connectivity index (χ2n) is 6.31. The molecule has 0 heterocycles. The fourth-order valence-electron chi connectivity index (χ4n) is 2.65. The fourth-order valence-corrected chi connectivity index (χ4v) is 4.77. The first-order chi connectivity index (χ1) is 12.4. The molecule has 0 unspecified atom stereocenters. The molecule has 0 aliphatic rings. The van der Waals surface area contributed by atoms with Crippen molar-refractivity contribution in [3.05, 3.63) is 54.1 Å². The zero-order valence-electron chi connectivity index (χ0n) is 15.9. The fraction of sp³-hybridized carbons (Fsp3) is 0.400. The van der Waals surface area contributed by atoms with Gasteiger partial charge in [0.2, 0.25) is 0 Å². The average molecular weight is 377 g/mol. The number of methoxy groups -OCH3 is 1. The zero-order valence-corrected chi connectivity index (χ0v) is 16.8. The van der Waals surface area contributed by atoms with Gasteiger partial charge in [-0.05, 0) is 36.8 Å². The van der Waals surface area contributed by atoms with Gasteiger partial charge in [-0.25, -0.2) is 0 Å². The lowest BCUT2D eigenvalue weighted by molar-refractivity contribution is 0.209. The molecule has 0 saturated carbocycles. The van der Waals surface area contributed by atoms with E-state index in [1.54, 1.807) is 30.3 Å².